The monoisotopic (exact) mass is 337 g/mol. The summed E-state index contributed by atoms with van der Waals surface area (Å²) in [5.41, 5.74) is 1.57. The summed E-state index contributed by atoms with van der Waals surface area (Å²) < 4.78 is 5.76. The lowest BCUT2D eigenvalue weighted by atomic mass is 10.1. The lowest BCUT2D eigenvalue weighted by Gasteiger charge is -2.19. The first-order chi connectivity index (χ1) is 12.2. The van der Waals surface area contributed by atoms with Crippen LogP contribution in [0.4, 0.5) is 5.82 Å². The third-order valence-electron chi connectivity index (χ3n) is 4.78. The molecule has 2 fully saturated rings. The average Bonchev–Trinajstić information content (AvgIpc) is 3.32. The first-order valence-corrected chi connectivity index (χ1v) is 8.92. The van der Waals surface area contributed by atoms with Crippen LogP contribution in [-0.4, -0.2) is 42.7 Å². The van der Waals surface area contributed by atoms with Gasteiger partial charge >= 0.3 is 0 Å². The number of fused-ring (bicyclic) bond motifs is 1. The molecule has 2 heterocycles. The molecule has 1 atom stereocenters. The predicted molar refractivity (Wildman–Crippen MR) is 99.0 cm³/mol. The van der Waals surface area contributed by atoms with E-state index in [2.05, 4.69) is 16.8 Å². The van der Waals surface area contributed by atoms with Gasteiger partial charge in [0.1, 0.15) is 5.82 Å². The van der Waals surface area contributed by atoms with Crippen molar-refractivity contribution in [3.63, 3.8) is 0 Å². The number of rotatable bonds is 6. The summed E-state index contributed by atoms with van der Waals surface area (Å²) >= 11 is 0. The summed E-state index contributed by atoms with van der Waals surface area (Å²) in [5.74, 6) is 0.852. The number of carbonyl (C=O) groups excluding carboxylic acids is 1. The third-order valence-corrected chi connectivity index (χ3v) is 4.78. The number of hydrogen-bond donors (Lipinski definition) is 1. The Morgan fingerprint density at radius 1 is 1.36 bits per heavy atom. The van der Waals surface area contributed by atoms with Gasteiger partial charge in [-0.3, -0.25) is 4.79 Å². The minimum Gasteiger partial charge on any atom is -0.372 e. The fourth-order valence-corrected chi connectivity index (χ4v) is 3.28. The quantitative estimate of drug-likeness (QED) is 0.824. The number of amides is 1. The molecule has 1 aliphatic heterocycles. The molecule has 1 saturated heterocycles. The summed E-state index contributed by atoms with van der Waals surface area (Å²) in [7, 11) is 0. The molecule has 1 amide bonds. The fraction of sp³-hybridized carbons (Fsp3) is 0.400. The maximum absolute atomic E-state index is 12.7. The normalized spacial score (nSPS) is 20.0. The summed E-state index contributed by atoms with van der Waals surface area (Å²) in [5, 5.41) is 4.00. The van der Waals surface area contributed by atoms with Gasteiger partial charge < -0.3 is 15.0 Å². The molecule has 4 rings (SSSR count). The highest BCUT2D eigenvalue weighted by Gasteiger charge is 2.27. The number of para-hydroxylation sites is 1. The molecule has 1 aliphatic carbocycles. The van der Waals surface area contributed by atoms with E-state index in [1.54, 1.807) is 6.08 Å². The number of carbonyl (C=O) groups is 1. The largest absolute Gasteiger partial charge is 0.372 e. The Hall–Kier alpha value is -2.40. The van der Waals surface area contributed by atoms with Crippen molar-refractivity contribution in [2.75, 3.05) is 24.6 Å². The van der Waals surface area contributed by atoms with E-state index in [-0.39, 0.29) is 12.0 Å². The maximum atomic E-state index is 12.7. The lowest BCUT2D eigenvalue weighted by Crippen LogP contribution is -2.27. The first-order valence-electron chi connectivity index (χ1n) is 8.92. The van der Waals surface area contributed by atoms with Crippen molar-refractivity contribution in [2.24, 2.45) is 0 Å². The zero-order valence-corrected chi connectivity index (χ0v) is 14.3. The van der Waals surface area contributed by atoms with Crippen molar-refractivity contribution in [3.05, 3.63) is 48.6 Å². The van der Waals surface area contributed by atoms with E-state index < -0.39 is 0 Å². The van der Waals surface area contributed by atoms with Crippen LogP contribution in [0.2, 0.25) is 0 Å². The average molecular weight is 337 g/mol. The molecule has 1 saturated carbocycles. The van der Waals surface area contributed by atoms with Crippen LogP contribution in [0, 0.1) is 0 Å². The van der Waals surface area contributed by atoms with Crippen molar-refractivity contribution in [1.29, 1.82) is 0 Å². The molecule has 5 heteroatoms. The Labute approximate surface area is 147 Å². The van der Waals surface area contributed by atoms with Crippen LogP contribution < -0.4 is 10.2 Å². The molecule has 1 aromatic heterocycles. The van der Waals surface area contributed by atoms with Crippen LogP contribution in [0.15, 0.2) is 43.0 Å². The summed E-state index contributed by atoms with van der Waals surface area (Å²) in [6.07, 6.45) is 5.09. The second-order valence-electron chi connectivity index (χ2n) is 6.77. The topological polar surface area (TPSA) is 54.5 Å². The number of hydrogen-bond acceptors (Lipinski definition) is 4. The van der Waals surface area contributed by atoms with Crippen LogP contribution in [0.25, 0.3) is 10.9 Å². The van der Waals surface area contributed by atoms with Gasteiger partial charge in [0.2, 0.25) is 0 Å². The van der Waals surface area contributed by atoms with E-state index in [9.17, 15) is 4.79 Å². The molecule has 5 nitrogen and oxygen atoms in total. The lowest BCUT2D eigenvalue weighted by molar-refractivity contribution is 0.0909. The van der Waals surface area contributed by atoms with Crippen LogP contribution in [0.5, 0.6) is 0 Å². The van der Waals surface area contributed by atoms with Gasteiger partial charge in [-0.25, -0.2) is 4.98 Å². The zero-order valence-electron chi connectivity index (χ0n) is 14.3. The van der Waals surface area contributed by atoms with Gasteiger partial charge in [-0.15, -0.1) is 6.58 Å². The predicted octanol–water partition coefficient (Wildman–Crippen LogP) is 2.91. The van der Waals surface area contributed by atoms with E-state index in [1.165, 1.54) is 0 Å². The number of aromatic nitrogens is 1. The Bertz CT molecular complexity index is 801. The van der Waals surface area contributed by atoms with Crippen molar-refractivity contribution in [2.45, 2.75) is 31.4 Å². The van der Waals surface area contributed by atoms with Crippen molar-refractivity contribution in [1.82, 2.24) is 10.3 Å². The SMILES string of the molecule is C=CCOC1CCN(c2cc(C(=O)NC3CC3)c3ccccc3n2)C1. The van der Waals surface area contributed by atoms with Gasteiger partial charge in [0.15, 0.2) is 0 Å². The van der Waals surface area contributed by atoms with E-state index in [0.29, 0.717) is 18.2 Å². The van der Waals surface area contributed by atoms with E-state index in [1.807, 2.05) is 30.3 Å². The minimum atomic E-state index is 0.000930. The number of nitrogens with zero attached hydrogens (tertiary/aromatic N) is 2. The summed E-state index contributed by atoms with van der Waals surface area (Å²) in [4.78, 5) is 19.7. The maximum Gasteiger partial charge on any atom is 0.252 e. The van der Waals surface area contributed by atoms with Crippen molar-refractivity contribution >= 4 is 22.6 Å². The number of nitrogens with one attached hydrogen (secondary N) is 1. The highest BCUT2D eigenvalue weighted by molar-refractivity contribution is 6.07. The minimum absolute atomic E-state index is 0.000930. The van der Waals surface area contributed by atoms with Gasteiger partial charge in [0.25, 0.3) is 5.91 Å². The van der Waals surface area contributed by atoms with E-state index in [0.717, 1.165) is 49.1 Å². The second kappa shape index (κ2) is 6.84. The van der Waals surface area contributed by atoms with Gasteiger partial charge in [-0.05, 0) is 31.4 Å². The second-order valence-corrected chi connectivity index (χ2v) is 6.77. The van der Waals surface area contributed by atoms with Crippen molar-refractivity contribution in [3.8, 4) is 0 Å². The van der Waals surface area contributed by atoms with E-state index >= 15 is 0 Å². The number of anilines is 1. The molecule has 0 bridgehead atoms. The highest BCUT2D eigenvalue weighted by atomic mass is 16.5. The summed E-state index contributed by atoms with van der Waals surface area (Å²) in [6.45, 7) is 5.95. The fourth-order valence-electron chi connectivity index (χ4n) is 3.28. The molecule has 1 unspecified atom stereocenters. The molecule has 2 aromatic rings. The van der Waals surface area contributed by atoms with Crippen LogP contribution >= 0.6 is 0 Å². The molecular formula is C20H23N3O2. The number of pyridine rings is 1. The van der Waals surface area contributed by atoms with Gasteiger partial charge in [0, 0.05) is 24.5 Å². The standard InChI is InChI=1S/C20H23N3O2/c1-2-11-25-15-9-10-23(13-15)19-12-17(20(24)21-14-7-8-14)16-5-3-4-6-18(16)22-19/h2-6,12,14-15H,1,7-11,13H2,(H,21,24). The van der Waals surface area contributed by atoms with Crippen LogP contribution in [0.3, 0.4) is 0 Å². The molecular weight excluding hydrogens is 314 g/mol. The van der Waals surface area contributed by atoms with Gasteiger partial charge in [0.05, 0.1) is 23.8 Å². The Balaban J connectivity index is 1.63. The van der Waals surface area contributed by atoms with Crippen LogP contribution in [0.1, 0.15) is 29.6 Å². The van der Waals surface area contributed by atoms with Gasteiger partial charge in [-0.1, -0.05) is 24.3 Å². The molecule has 0 spiro atoms. The van der Waals surface area contributed by atoms with Gasteiger partial charge in [-0.2, -0.15) is 0 Å². The van der Waals surface area contributed by atoms with Crippen molar-refractivity contribution < 1.29 is 9.53 Å². The highest BCUT2D eigenvalue weighted by Crippen LogP contribution is 2.27. The number of ether oxygens (including phenoxy) is 1. The molecule has 130 valence electrons. The Morgan fingerprint density at radius 2 is 2.20 bits per heavy atom. The summed E-state index contributed by atoms with van der Waals surface area (Å²) in [6, 6.07) is 10.1. The smallest absolute Gasteiger partial charge is 0.252 e. The molecule has 1 N–H and O–H groups in total. The van der Waals surface area contributed by atoms with Crippen LogP contribution in [-0.2, 0) is 4.74 Å². The zero-order chi connectivity index (χ0) is 17.2. The Kier molecular flexibility index (Phi) is 4.40. The molecule has 1 aromatic carbocycles. The Morgan fingerprint density at radius 3 is 3.00 bits per heavy atom. The number of benzene rings is 1. The molecule has 2 aliphatic rings. The first kappa shape index (κ1) is 16.1. The van der Waals surface area contributed by atoms with E-state index in [4.69, 9.17) is 9.72 Å². The molecule has 25 heavy (non-hydrogen) atoms. The molecule has 0 radical (unpaired) electrons. The third kappa shape index (κ3) is 3.51.